The van der Waals surface area contributed by atoms with Crippen molar-refractivity contribution in [2.24, 2.45) is 0 Å². The molecule has 0 radical (unpaired) electrons. The smallest absolute Gasteiger partial charge is 0.126 e. The molecular weight excluding hydrogens is 382 g/mol. The van der Waals surface area contributed by atoms with Crippen LogP contribution in [-0.2, 0) is 0 Å². The first-order chi connectivity index (χ1) is 15.1. The van der Waals surface area contributed by atoms with Crippen LogP contribution in [-0.4, -0.2) is 34.1 Å². The topological polar surface area (TPSA) is 65.6 Å². The van der Waals surface area contributed by atoms with Gasteiger partial charge in [0, 0.05) is 51.4 Å². The number of benzene rings is 1. The van der Waals surface area contributed by atoms with Crippen LogP contribution < -0.4 is 10.6 Å². The second-order valence-corrected chi connectivity index (χ2v) is 8.62. The number of rotatable bonds is 4. The van der Waals surface area contributed by atoms with Gasteiger partial charge in [-0.05, 0) is 88.2 Å². The van der Waals surface area contributed by atoms with E-state index in [0.29, 0.717) is 6.04 Å². The second kappa shape index (κ2) is 8.16. The number of H-pyrrole nitrogens is 1. The molecule has 5 heteroatoms. The third-order valence-electron chi connectivity index (χ3n) is 6.22. The van der Waals surface area contributed by atoms with Crippen LogP contribution in [0, 0.1) is 20.8 Å². The highest BCUT2D eigenvalue weighted by Crippen LogP contribution is 2.33. The number of hydrogen-bond acceptors (Lipinski definition) is 4. The van der Waals surface area contributed by atoms with Crippen molar-refractivity contribution < 1.29 is 0 Å². The summed E-state index contributed by atoms with van der Waals surface area (Å²) in [6.07, 6.45) is 4.26. The first kappa shape index (κ1) is 19.8. The number of aryl methyl sites for hydroxylation is 3. The van der Waals surface area contributed by atoms with E-state index in [1.54, 1.807) is 0 Å². The number of nitrogens with zero attached hydrogens (tertiary/aromatic N) is 2. The van der Waals surface area contributed by atoms with Gasteiger partial charge in [-0.1, -0.05) is 12.1 Å². The first-order valence-corrected chi connectivity index (χ1v) is 11.1. The maximum atomic E-state index is 4.67. The lowest BCUT2D eigenvalue weighted by atomic mass is 10.0. The van der Waals surface area contributed by atoms with Crippen LogP contribution in [0.15, 0.2) is 48.7 Å². The Kier molecular flexibility index (Phi) is 5.20. The van der Waals surface area contributed by atoms with Gasteiger partial charge in [-0.3, -0.25) is 4.98 Å². The first-order valence-electron chi connectivity index (χ1n) is 11.1. The van der Waals surface area contributed by atoms with Crippen molar-refractivity contribution in [3.8, 4) is 22.4 Å². The molecule has 0 bridgehead atoms. The average molecular weight is 412 g/mol. The van der Waals surface area contributed by atoms with Crippen LogP contribution in [0.5, 0.6) is 0 Å². The molecule has 3 aromatic heterocycles. The predicted molar refractivity (Wildman–Crippen MR) is 128 cm³/mol. The Morgan fingerprint density at radius 2 is 1.61 bits per heavy atom. The van der Waals surface area contributed by atoms with E-state index in [0.717, 1.165) is 54.2 Å². The minimum Gasteiger partial charge on any atom is -0.367 e. The molecule has 31 heavy (non-hydrogen) atoms. The number of anilines is 1. The van der Waals surface area contributed by atoms with Crippen molar-refractivity contribution in [1.29, 1.82) is 0 Å². The van der Waals surface area contributed by atoms with Crippen molar-refractivity contribution in [3.05, 3.63) is 65.6 Å². The summed E-state index contributed by atoms with van der Waals surface area (Å²) in [5, 5.41) is 8.22. The van der Waals surface area contributed by atoms with Crippen LogP contribution in [0.4, 0.5) is 5.82 Å². The Bertz CT molecular complexity index is 1200. The lowest BCUT2D eigenvalue weighted by molar-refractivity contribution is 0.478. The molecule has 5 nitrogen and oxygen atoms in total. The highest BCUT2D eigenvalue weighted by molar-refractivity contribution is 5.93. The highest BCUT2D eigenvalue weighted by Gasteiger charge is 2.14. The summed E-state index contributed by atoms with van der Waals surface area (Å²) >= 11 is 0. The molecule has 0 unspecified atom stereocenters. The van der Waals surface area contributed by atoms with Gasteiger partial charge in [-0.2, -0.15) is 0 Å². The lowest BCUT2D eigenvalue weighted by Gasteiger charge is -2.24. The Morgan fingerprint density at radius 1 is 0.871 bits per heavy atom. The van der Waals surface area contributed by atoms with E-state index >= 15 is 0 Å². The third-order valence-corrected chi connectivity index (χ3v) is 6.22. The fourth-order valence-corrected chi connectivity index (χ4v) is 4.61. The molecule has 4 heterocycles. The van der Waals surface area contributed by atoms with Gasteiger partial charge in [0.25, 0.3) is 0 Å². The third kappa shape index (κ3) is 4.06. The minimum atomic E-state index is 0.511. The summed E-state index contributed by atoms with van der Waals surface area (Å²) in [7, 11) is 0. The molecule has 0 amide bonds. The molecule has 0 atom stereocenters. The molecule has 0 saturated carbocycles. The molecule has 1 aliphatic rings. The molecule has 0 spiro atoms. The second-order valence-electron chi connectivity index (χ2n) is 8.62. The molecule has 1 fully saturated rings. The summed E-state index contributed by atoms with van der Waals surface area (Å²) < 4.78 is 0. The van der Waals surface area contributed by atoms with E-state index in [-0.39, 0.29) is 0 Å². The number of nitrogens with one attached hydrogen (secondary N) is 3. The summed E-state index contributed by atoms with van der Waals surface area (Å²) in [6, 6.07) is 15.7. The van der Waals surface area contributed by atoms with Crippen molar-refractivity contribution in [1.82, 2.24) is 20.3 Å². The molecule has 1 aliphatic heterocycles. The van der Waals surface area contributed by atoms with Crippen LogP contribution in [0.3, 0.4) is 0 Å². The zero-order chi connectivity index (χ0) is 21.4. The zero-order valence-corrected chi connectivity index (χ0v) is 18.4. The molecule has 158 valence electrons. The van der Waals surface area contributed by atoms with Crippen LogP contribution in [0.2, 0.25) is 0 Å². The van der Waals surface area contributed by atoms with Gasteiger partial charge < -0.3 is 15.6 Å². The molecule has 1 saturated heterocycles. The van der Waals surface area contributed by atoms with Crippen molar-refractivity contribution in [2.75, 3.05) is 18.4 Å². The van der Waals surface area contributed by atoms with E-state index in [1.165, 1.54) is 27.8 Å². The fraction of sp³-hybridized carbons (Fsp3) is 0.308. The average Bonchev–Trinajstić information content (AvgIpc) is 3.10. The van der Waals surface area contributed by atoms with Crippen LogP contribution in [0.1, 0.15) is 29.8 Å². The Balaban J connectivity index is 1.43. The van der Waals surface area contributed by atoms with E-state index in [1.807, 2.05) is 20.0 Å². The van der Waals surface area contributed by atoms with Gasteiger partial charge in [0.2, 0.25) is 0 Å². The summed E-state index contributed by atoms with van der Waals surface area (Å²) in [4.78, 5) is 12.8. The monoisotopic (exact) mass is 411 g/mol. The SMILES string of the molecule is Cc1cc(-c2[nH]c3cc(-c4ccc(NC5CCNCC5)nc4)ccc3c2C)cc(C)n1. The lowest BCUT2D eigenvalue weighted by Crippen LogP contribution is -2.35. The molecule has 0 aliphatic carbocycles. The molecule has 5 rings (SSSR count). The van der Waals surface area contributed by atoms with Gasteiger partial charge in [0.1, 0.15) is 5.82 Å². The van der Waals surface area contributed by atoms with E-state index in [4.69, 9.17) is 0 Å². The zero-order valence-electron chi connectivity index (χ0n) is 18.4. The van der Waals surface area contributed by atoms with Crippen molar-refractivity contribution >= 4 is 16.7 Å². The maximum absolute atomic E-state index is 4.67. The Labute approximate surface area is 183 Å². The van der Waals surface area contributed by atoms with Gasteiger partial charge in [0.05, 0.1) is 0 Å². The minimum absolute atomic E-state index is 0.511. The normalized spacial score (nSPS) is 14.8. The van der Waals surface area contributed by atoms with Gasteiger partial charge in [-0.15, -0.1) is 0 Å². The number of aromatic nitrogens is 3. The number of hydrogen-bond donors (Lipinski definition) is 3. The van der Waals surface area contributed by atoms with Crippen LogP contribution in [0.25, 0.3) is 33.3 Å². The Morgan fingerprint density at radius 3 is 2.32 bits per heavy atom. The van der Waals surface area contributed by atoms with Gasteiger partial charge >= 0.3 is 0 Å². The van der Waals surface area contributed by atoms with Crippen molar-refractivity contribution in [3.63, 3.8) is 0 Å². The Hall–Kier alpha value is -3.18. The summed E-state index contributed by atoms with van der Waals surface area (Å²) in [5.74, 6) is 0.957. The standard InChI is InChI=1S/C26H29N5/c1-16-12-21(13-17(2)29-16)26-18(3)23-6-4-19(14-24(23)31-26)20-5-7-25(28-15-20)30-22-8-10-27-11-9-22/h4-7,12-15,22,27,31H,8-11H2,1-3H3,(H,28,30). The largest absolute Gasteiger partial charge is 0.367 e. The van der Waals surface area contributed by atoms with Crippen molar-refractivity contribution in [2.45, 2.75) is 39.7 Å². The van der Waals surface area contributed by atoms with E-state index in [2.05, 4.69) is 75.0 Å². The predicted octanol–water partition coefficient (Wildman–Crippen LogP) is 5.38. The molecule has 4 aromatic rings. The fourth-order valence-electron chi connectivity index (χ4n) is 4.61. The van der Waals surface area contributed by atoms with Gasteiger partial charge in [-0.25, -0.2) is 4.98 Å². The molecular formula is C26H29N5. The summed E-state index contributed by atoms with van der Waals surface area (Å²) in [5.41, 5.74) is 9.15. The van der Waals surface area contributed by atoms with E-state index < -0.39 is 0 Å². The molecule has 3 N–H and O–H groups in total. The van der Waals surface area contributed by atoms with E-state index in [9.17, 15) is 0 Å². The molecule has 1 aromatic carbocycles. The number of aromatic amines is 1. The maximum Gasteiger partial charge on any atom is 0.126 e. The quantitative estimate of drug-likeness (QED) is 0.422. The van der Waals surface area contributed by atoms with Crippen LogP contribution >= 0.6 is 0 Å². The van der Waals surface area contributed by atoms with Gasteiger partial charge in [0.15, 0.2) is 0 Å². The highest BCUT2D eigenvalue weighted by atomic mass is 15.0. The number of piperidine rings is 1. The number of fused-ring (bicyclic) bond motifs is 1. The summed E-state index contributed by atoms with van der Waals surface area (Å²) in [6.45, 7) is 8.42. The number of pyridine rings is 2.